The number of rotatable bonds is 2. The third-order valence-corrected chi connectivity index (χ3v) is 4.25. The van der Waals surface area contributed by atoms with Crippen molar-refractivity contribution in [2.75, 3.05) is 13.2 Å². The second-order valence-electron chi connectivity index (χ2n) is 4.13. The number of ether oxygens (including phenoxy) is 1. The molecule has 0 unspecified atom stereocenters. The van der Waals surface area contributed by atoms with Gasteiger partial charge < -0.3 is 4.74 Å². The normalized spacial score (nSPS) is 17.2. The van der Waals surface area contributed by atoms with Gasteiger partial charge in [0.15, 0.2) is 0 Å². The molecule has 0 bridgehead atoms. The number of pyridine rings is 1. The molecule has 4 nitrogen and oxygen atoms in total. The van der Waals surface area contributed by atoms with Gasteiger partial charge >= 0.3 is 0 Å². The molecule has 18 heavy (non-hydrogen) atoms. The van der Waals surface area contributed by atoms with Crippen LogP contribution in [0.3, 0.4) is 0 Å². The van der Waals surface area contributed by atoms with Crippen LogP contribution in [0.2, 0.25) is 0 Å². The van der Waals surface area contributed by atoms with Crippen molar-refractivity contribution in [3.63, 3.8) is 0 Å². The van der Waals surface area contributed by atoms with Crippen molar-refractivity contribution >= 4 is 22.7 Å². The Balaban J connectivity index is 1.92. The average molecular weight is 265 g/mol. The summed E-state index contributed by atoms with van der Waals surface area (Å²) in [6.07, 6.45) is 4.96. The lowest BCUT2D eigenvalue weighted by Crippen LogP contribution is -2.17. The van der Waals surface area contributed by atoms with E-state index in [9.17, 15) is 4.39 Å². The van der Waals surface area contributed by atoms with Gasteiger partial charge in [-0.2, -0.15) is 4.39 Å². The standard InChI is InChI=1S/C12H12FN3OS/c13-11-5-9-10(6-14-11)15-7-16-12(9)18-8-1-3-17-4-2-8/h5-8H,1-4H2. The van der Waals surface area contributed by atoms with Crippen LogP contribution >= 0.6 is 11.8 Å². The summed E-state index contributed by atoms with van der Waals surface area (Å²) in [4.78, 5) is 12.0. The van der Waals surface area contributed by atoms with Crippen LogP contribution in [0.4, 0.5) is 4.39 Å². The zero-order valence-electron chi connectivity index (χ0n) is 9.67. The molecule has 0 atom stereocenters. The molecule has 3 rings (SSSR count). The van der Waals surface area contributed by atoms with E-state index >= 15 is 0 Å². The first kappa shape index (κ1) is 11.8. The minimum atomic E-state index is -0.494. The van der Waals surface area contributed by atoms with E-state index in [1.807, 2.05) is 0 Å². The summed E-state index contributed by atoms with van der Waals surface area (Å²) >= 11 is 1.68. The molecule has 0 aromatic carbocycles. The van der Waals surface area contributed by atoms with Crippen molar-refractivity contribution in [1.29, 1.82) is 0 Å². The lowest BCUT2D eigenvalue weighted by molar-refractivity contribution is 0.1000. The summed E-state index contributed by atoms with van der Waals surface area (Å²) in [5.41, 5.74) is 0.681. The smallest absolute Gasteiger partial charge is 0.213 e. The molecule has 0 amide bonds. The number of nitrogens with zero attached hydrogens (tertiary/aromatic N) is 3. The molecule has 0 N–H and O–H groups in total. The molecule has 1 aliphatic heterocycles. The predicted molar refractivity (Wildman–Crippen MR) is 67.0 cm³/mol. The Labute approximate surface area is 108 Å². The van der Waals surface area contributed by atoms with Crippen molar-refractivity contribution in [2.45, 2.75) is 23.1 Å². The highest BCUT2D eigenvalue weighted by atomic mass is 32.2. The second-order valence-corrected chi connectivity index (χ2v) is 5.42. The summed E-state index contributed by atoms with van der Waals surface area (Å²) in [5.74, 6) is -0.494. The third kappa shape index (κ3) is 2.44. The first-order chi connectivity index (χ1) is 8.83. The number of hydrogen-bond acceptors (Lipinski definition) is 5. The summed E-state index contributed by atoms with van der Waals surface area (Å²) in [6, 6.07) is 1.40. The predicted octanol–water partition coefficient (Wildman–Crippen LogP) is 2.43. The molecular formula is C12H12FN3OS. The Morgan fingerprint density at radius 2 is 2.06 bits per heavy atom. The molecule has 0 saturated carbocycles. The first-order valence-electron chi connectivity index (χ1n) is 5.83. The molecule has 0 spiro atoms. The number of hydrogen-bond donors (Lipinski definition) is 0. The molecule has 0 aliphatic carbocycles. The highest BCUT2D eigenvalue weighted by Crippen LogP contribution is 2.32. The first-order valence-corrected chi connectivity index (χ1v) is 6.71. The van der Waals surface area contributed by atoms with Gasteiger partial charge in [-0.3, -0.25) is 0 Å². The molecule has 1 saturated heterocycles. The van der Waals surface area contributed by atoms with E-state index in [2.05, 4.69) is 15.0 Å². The number of halogens is 1. The molecule has 6 heteroatoms. The van der Waals surface area contributed by atoms with Gasteiger partial charge in [0, 0.05) is 29.9 Å². The quantitative estimate of drug-likeness (QED) is 0.616. The Hall–Kier alpha value is -1.27. The Bertz CT molecular complexity index is 560. The lowest BCUT2D eigenvalue weighted by Gasteiger charge is -2.21. The van der Waals surface area contributed by atoms with Gasteiger partial charge in [-0.1, -0.05) is 0 Å². The maximum atomic E-state index is 13.2. The molecule has 2 aromatic rings. The number of thioether (sulfide) groups is 1. The number of fused-ring (bicyclic) bond motifs is 1. The molecule has 0 radical (unpaired) electrons. The molecular weight excluding hydrogens is 253 g/mol. The van der Waals surface area contributed by atoms with Crippen molar-refractivity contribution < 1.29 is 9.13 Å². The van der Waals surface area contributed by atoms with E-state index in [-0.39, 0.29) is 0 Å². The van der Waals surface area contributed by atoms with E-state index < -0.39 is 5.95 Å². The Kier molecular flexibility index (Phi) is 3.38. The number of aromatic nitrogens is 3. The summed E-state index contributed by atoms with van der Waals surface area (Å²) < 4.78 is 18.5. The zero-order chi connectivity index (χ0) is 12.4. The van der Waals surface area contributed by atoms with Crippen LogP contribution in [0.1, 0.15) is 12.8 Å². The fraction of sp³-hybridized carbons (Fsp3) is 0.417. The van der Waals surface area contributed by atoms with Gasteiger partial charge in [-0.25, -0.2) is 15.0 Å². The van der Waals surface area contributed by atoms with Crippen molar-refractivity contribution in [3.8, 4) is 0 Å². The van der Waals surface area contributed by atoms with Crippen LogP contribution in [0.5, 0.6) is 0 Å². The van der Waals surface area contributed by atoms with Crippen molar-refractivity contribution in [3.05, 3.63) is 24.5 Å². The van der Waals surface area contributed by atoms with Crippen LogP contribution in [-0.4, -0.2) is 33.4 Å². The fourth-order valence-electron chi connectivity index (χ4n) is 1.96. The van der Waals surface area contributed by atoms with Crippen molar-refractivity contribution in [2.24, 2.45) is 0 Å². The van der Waals surface area contributed by atoms with Crippen LogP contribution < -0.4 is 0 Å². The zero-order valence-corrected chi connectivity index (χ0v) is 10.5. The maximum absolute atomic E-state index is 13.2. The summed E-state index contributed by atoms with van der Waals surface area (Å²) in [6.45, 7) is 1.58. The van der Waals surface area contributed by atoms with E-state index in [0.29, 0.717) is 10.8 Å². The molecule has 94 valence electrons. The van der Waals surface area contributed by atoms with Gasteiger partial charge in [-0.15, -0.1) is 11.8 Å². The largest absolute Gasteiger partial charge is 0.381 e. The SMILES string of the molecule is Fc1cc2c(SC3CCOCC3)ncnc2cn1. The van der Waals surface area contributed by atoms with Gasteiger partial charge in [0.2, 0.25) is 5.95 Å². The van der Waals surface area contributed by atoms with Crippen LogP contribution in [0, 0.1) is 5.95 Å². The van der Waals surface area contributed by atoms with Crippen LogP contribution in [0.25, 0.3) is 10.9 Å². The minimum Gasteiger partial charge on any atom is -0.381 e. The minimum absolute atomic E-state index is 0.480. The summed E-state index contributed by atoms with van der Waals surface area (Å²) in [5, 5.41) is 2.04. The maximum Gasteiger partial charge on any atom is 0.213 e. The molecule has 1 fully saturated rings. The van der Waals surface area contributed by atoms with E-state index in [1.165, 1.54) is 18.6 Å². The molecule has 3 heterocycles. The topological polar surface area (TPSA) is 47.9 Å². The monoisotopic (exact) mass is 265 g/mol. The Morgan fingerprint density at radius 3 is 2.89 bits per heavy atom. The Morgan fingerprint density at radius 1 is 1.22 bits per heavy atom. The second kappa shape index (κ2) is 5.16. The highest BCUT2D eigenvalue weighted by Gasteiger charge is 2.17. The average Bonchev–Trinajstić information content (AvgIpc) is 2.41. The van der Waals surface area contributed by atoms with E-state index in [0.717, 1.165) is 36.5 Å². The third-order valence-electron chi connectivity index (χ3n) is 2.90. The van der Waals surface area contributed by atoms with Gasteiger partial charge in [0.1, 0.15) is 11.4 Å². The van der Waals surface area contributed by atoms with E-state index in [1.54, 1.807) is 11.8 Å². The lowest BCUT2D eigenvalue weighted by atomic mass is 10.2. The van der Waals surface area contributed by atoms with Crippen LogP contribution in [-0.2, 0) is 4.74 Å². The van der Waals surface area contributed by atoms with Crippen molar-refractivity contribution in [1.82, 2.24) is 15.0 Å². The fourth-order valence-corrected chi connectivity index (χ4v) is 3.10. The molecule has 1 aliphatic rings. The van der Waals surface area contributed by atoms with E-state index in [4.69, 9.17) is 4.74 Å². The van der Waals surface area contributed by atoms with Gasteiger partial charge in [0.25, 0.3) is 0 Å². The van der Waals surface area contributed by atoms with Gasteiger partial charge in [-0.05, 0) is 12.8 Å². The van der Waals surface area contributed by atoms with Crippen LogP contribution in [0.15, 0.2) is 23.6 Å². The molecule has 2 aromatic heterocycles. The highest BCUT2D eigenvalue weighted by molar-refractivity contribution is 8.00. The van der Waals surface area contributed by atoms with Gasteiger partial charge in [0.05, 0.1) is 11.7 Å². The summed E-state index contributed by atoms with van der Waals surface area (Å²) in [7, 11) is 0.